The molecule has 0 aliphatic carbocycles. The molecule has 0 heterocycles. The number of hydrogen-bond acceptors (Lipinski definition) is 4. The Balaban J connectivity index is 0. The van der Waals surface area contributed by atoms with Crippen LogP contribution in [0.1, 0.15) is 0 Å². The van der Waals surface area contributed by atoms with Gasteiger partial charge in [-0.2, -0.15) is 0 Å². The SMILES string of the molecule is [Ni+2].[OH-].[OH-].[OH-].[OH-].[Sr+2].[Ti]. The van der Waals surface area contributed by atoms with E-state index in [-0.39, 0.29) is 106 Å². The minimum Gasteiger partial charge on any atom is -0.870 e. The van der Waals surface area contributed by atoms with Gasteiger partial charge in [0.2, 0.25) is 0 Å². The third-order valence-electron chi connectivity index (χ3n) is 0. The Bertz CT molecular complexity index is 11.7. The minimum atomic E-state index is 0. The van der Waals surface area contributed by atoms with Crippen LogP contribution < -0.4 is 0 Å². The molecule has 0 fully saturated rings. The van der Waals surface area contributed by atoms with Gasteiger partial charge in [0.05, 0.1) is 0 Å². The van der Waals surface area contributed by atoms with E-state index in [9.17, 15) is 0 Å². The summed E-state index contributed by atoms with van der Waals surface area (Å²) in [4.78, 5) is 0. The van der Waals surface area contributed by atoms with Gasteiger partial charge >= 0.3 is 62.0 Å². The van der Waals surface area contributed by atoms with Gasteiger partial charge in [-0.3, -0.25) is 0 Å². The van der Waals surface area contributed by atoms with E-state index < -0.39 is 0 Å². The van der Waals surface area contributed by atoms with Crippen LogP contribution in [0.5, 0.6) is 0 Å². The van der Waals surface area contributed by atoms with Crippen molar-refractivity contribution in [3.63, 3.8) is 0 Å². The zero-order valence-electron chi connectivity index (χ0n) is 3.31. The van der Waals surface area contributed by atoms with Crippen molar-refractivity contribution in [1.29, 1.82) is 0 Å². The first-order chi connectivity index (χ1) is 0. The van der Waals surface area contributed by atoms with E-state index in [1.165, 1.54) is 0 Å². The van der Waals surface area contributed by atoms with Crippen LogP contribution in [0.25, 0.3) is 0 Å². The summed E-state index contributed by atoms with van der Waals surface area (Å²) in [5.74, 6) is 0. The largest absolute Gasteiger partial charge is 2.00 e. The standard InChI is InChI=1S/Ni.4H2O.Sr.Ti/h;4*1H2;;/q+2;;;;;+2;/p-4. The van der Waals surface area contributed by atoms with E-state index in [2.05, 4.69) is 0 Å². The molecule has 0 unspecified atom stereocenters. The van der Waals surface area contributed by atoms with E-state index in [0.29, 0.717) is 0 Å². The molecule has 4 nitrogen and oxygen atoms in total. The van der Waals surface area contributed by atoms with Crippen molar-refractivity contribution in [3.05, 3.63) is 0 Å². The van der Waals surface area contributed by atoms with E-state index in [0.717, 1.165) is 0 Å². The van der Waals surface area contributed by atoms with Crippen LogP contribution in [0.4, 0.5) is 0 Å². The maximum absolute atomic E-state index is 0. The molecule has 44 valence electrons. The Morgan fingerprint density at radius 3 is 0.571 bits per heavy atom. The van der Waals surface area contributed by atoms with E-state index >= 15 is 0 Å². The summed E-state index contributed by atoms with van der Waals surface area (Å²) in [6.45, 7) is 0. The van der Waals surface area contributed by atoms with Crippen LogP contribution in [-0.4, -0.2) is 67.4 Å². The minimum absolute atomic E-state index is 0. The van der Waals surface area contributed by atoms with Gasteiger partial charge in [-0.1, -0.05) is 0 Å². The smallest absolute Gasteiger partial charge is 0.870 e. The van der Waals surface area contributed by atoms with Gasteiger partial charge in [-0.05, 0) is 0 Å². The molecule has 0 aromatic heterocycles. The Hall–Kier alpha value is 2.53. The molecule has 0 spiro atoms. The van der Waals surface area contributed by atoms with Gasteiger partial charge in [-0.25, -0.2) is 0 Å². The summed E-state index contributed by atoms with van der Waals surface area (Å²) >= 11 is 0. The fourth-order valence-electron chi connectivity index (χ4n) is 0. The van der Waals surface area contributed by atoms with Crippen molar-refractivity contribution in [2.45, 2.75) is 0 Å². The quantitative estimate of drug-likeness (QED) is 0.515. The third kappa shape index (κ3) is 56.9. The first-order valence-electron chi connectivity index (χ1n) is 0. The second-order valence-electron chi connectivity index (χ2n) is 0. The summed E-state index contributed by atoms with van der Waals surface area (Å²) in [5.41, 5.74) is 0. The molecule has 4 N–H and O–H groups in total. The van der Waals surface area contributed by atoms with E-state index in [4.69, 9.17) is 0 Å². The second kappa shape index (κ2) is 75.6. The van der Waals surface area contributed by atoms with Crippen molar-refractivity contribution in [2.24, 2.45) is 0 Å². The maximum Gasteiger partial charge on any atom is 2.00 e. The Labute approximate surface area is 104 Å². The molecular formula is H4NiO4SrTi. The van der Waals surface area contributed by atoms with E-state index in [1.807, 2.05) is 0 Å². The molecule has 0 saturated carbocycles. The average molecular weight is 262 g/mol. The van der Waals surface area contributed by atoms with Crippen molar-refractivity contribution in [1.82, 2.24) is 0 Å². The van der Waals surface area contributed by atoms with Crippen LogP contribution in [0.3, 0.4) is 0 Å². The molecule has 0 saturated heterocycles. The third-order valence-corrected chi connectivity index (χ3v) is 0. The Kier molecular flexibility index (Phi) is 1170. The monoisotopic (exact) mass is 262 g/mol. The molecular weight excluding hydrogens is 258 g/mol. The summed E-state index contributed by atoms with van der Waals surface area (Å²) in [6.07, 6.45) is 0. The first-order valence-corrected chi connectivity index (χ1v) is 0. The van der Waals surface area contributed by atoms with Crippen molar-refractivity contribution in [2.75, 3.05) is 0 Å². The molecule has 0 aromatic rings. The predicted molar refractivity (Wildman–Crippen MR) is 13.5 cm³/mol. The van der Waals surface area contributed by atoms with Crippen LogP contribution in [-0.2, 0) is 38.2 Å². The van der Waals surface area contributed by atoms with Crippen molar-refractivity contribution in [3.8, 4) is 0 Å². The normalized spacial score (nSPS) is 0. The maximum atomic E-state index is 0. The van der Waals surface area contributed by atoms with Crippen LogP contribution in [0.2, 0.25) is 0 Å². The molecule has 0 aliphatic heterocycles. The zero-order valence-corrected chi connectivity index (χ0v) is 9.34. The average Bonchev–Trinajstić information content (AvgIpc) is 0. The molecule has 7 heteroatoms. The molecule has 0 amide bonds. The van der Waals surface area contributed by atoms with Crippen molar-refractivity contribution >= 4 is 45.5 Å². The fraction of sp³-hybridized carbons (Fsp3) is 0. The molecule has 0 atom stereocenters. The topological polar surface area (TPSA) is 120 Å². The Morgan fingerprint density at radius 2 is 0.571 bits per heavy atom. The molecule has 0 aromatic carbocycles. The summed E-state index contributed by atoms with van der Waals surface area (Å²) in [6, 6.07) is 0. The molecule has 0 aliphatic rings. The summed E-state index contributed by atoms with van der Waals surface area (Å²) in [5, 5.41) is 0. The predicted octanol–water partition coefficient (Wildman–Crippen LogP) is -1.09. The second-order valence-corrected chi connectivity index (χ2v) is 0. The van der Waals surface area contributed by atoms with Crippen LogP contribution in [0.15, 0.2) is 0 Å². The van der Waals surface area contributed by atoms with Crippen molar-refractivity contribution < 1.29 is 60.1 Å². The molecule has 0 radical (unpaired) electrons. The summed E-state index contributed by atoms with van der Waals surface area (Å²) < 4.78 is 0. The van der Waals surface area contributed by atoms with Gasteiger partial charge in [-0.15, -0.1) is 0 Å². The van der Waals surface area contributed by atoms with Gasteiger partial charge in [0, 0.05) is 21.7 Å². The molecule has 0 bridgehead atoms. The molecule has 7 heavy (non-hydrogen) atoms. The van der Waals surface area contributed by atoms with E-state index in [1.54, 1.807) is 0 Å². The van der Waals surface area contributed by atoms with Gasteiger partial charge in [0.25, 0.3) is 0 Å². The van der Waals surface area contributed by atoms with Gasteiger partial charge < -0.3 is 21.9 Å². The summed E-state index contributed by atoms with van der Waals surface area (Å²) in [7, 11) is 0. The van der Waals surface area contributed by atoms with Crippen LogP contribution in [0, 0.1) is 0 Å². The zero-order chi connectivity index (χ0) is 0. The molecule has 0 rings (SSSR count). The number of hydrogen-bond donors (Lipinski definition) is 0. The van der Waals surface area contributed by atoms with Gasteiger partial charge in [0.15, 0.2) is 0 Å². The fourth-order valence-corrected chi connectivity index (χ4v) is 0. The first kappa shape index (κ1) is 108. The van der Waals surface area contributed by atoms with Gasteiger partial charge in [0.1, 0.15) is 0 Å². The Morgan fingerprint density at radius 1 is 0.571 bits per heavy atom. The van der Waals surface area contributed by atoms with Crippen LogP contribution >= 0.6 is 0 Å². The number of rotatable bonds is 0.